The van der Waals surface area contributed by atoms with Gasteiger partial charge < -0.3 is 14.5 Å². The van der Waals surface area contributed by atoms with Crippen molar-refractivity contribution in [2.24, 2.45) is 0 Å². The predicted molar refractivity (Wildman–Crippen MR) is 148 cm³/mol. The number of ether oxygens (including phenoxy) is 1. The van der Waals surface area contributed by atoms with Gasteiger partial charge in [0.1, 0.15) is 17.9 Å². The van der Waals surface area contributed by atoms with E-state index in [2.05, 4.69) is 31.1 Å². The molecular formula is C32H27F3N2O3. The van der Waals surface area contributed by atoms with E-state index in [0.717, 1.165) is 23.3 Å². The van der Waals surface area contributed by atoms with Crippen LogP contribution in [0.1, 0.15) is 47.8 Å². The molecule has 1 aromatic heterocycles. The highest BCUT2D eigenvalue weighted by Gasteiger charge is 2.35. The fourth-order valence-corrected chi connectivity index (χ4v) is 4.27. The minimum absolute atomic E-state index is 0.0891. The minimum Gasteiger partial charge on any atom is -0.488 e. The number of hydrogen-bond acceptors (Lipinski definition) is 4. The molecule has 1 N–H and O–H groups in total. The van der Waals surface area contributed by atoms with E-state index >= 15 is 0 Å². The third-order valence-electron chi connectivity index (χ3n) is 6.44. The highest BCUT2D eigenvalue weighted by atomic mass is 19.4. The molecule has 0 unspecified atom stereocenters. The zero-order chi connectivity index (χ0) is 28.5. The third kappa shape index (κ3) is 5.86. The van der Waals surface area contributed by atoms with Crippen LogP contribution in [-0.4, -0.2) is 10.9 Å². The normalized spacial score (nSPS) is 11.9. The summed E-state index contributed by atoms with van der Waals surface area (Å²) in [6.45, 7) is 6.59. The maximum Gasteiger partial charge on any atom is 0.417 e. The molecule has 0 spiro atoms. The molecular weight excluding hydrogens is 517 g/mol. The Morgan fingerprint density at radius 2 is 1.62 bits per heavy atom. The second-order valence-electron chi connectivity index (χ2n) is 10.4. The van der Waals surface area contributed by atoms with E-state index in [1.807, 2.05) is 48.5 Å². The number of rotatable bonds is 6. The Kier molecular flexibility index (Phi) is 7.10. The SMILES string of the molecule is CC(C)(C)c1ccc2oc(-c3cc(NC(=O)c4ccccc4C(F)(F)F)ccc3OCc3ccccc3)nc2c1. The summed E-state index contributed by atoms with van der Waals surface area (Å²) in [5.74, 6) is -0.180. The molecule has 4 aromatic carbocycles. The maximum absolute atomic E-state index is 13.5. The molecule has 0 saturated carbocycles. The fraction of sp³-hybridized carbons (Fsp3) is 0.188. The summed E-state index contributed by atoms with van der Waals surface area (Å²) in [5, 5.41) is 2.58. The Bertz CT molecular complexity index is 1670. The summed E-state index contributed by atoms with van der Waals surface area (Å²) >= 11 is 0. The number of hydrogen-bond donors (Lipinski definition) is 1. The van der Waals surface area contributed by atoms with Gasteiger partial charge in [0, 0.05) is 5.69 Å². The first kappa shape index (κ1) is 27.0. The lowest BCUT2D eigenvalue weighted by atomic mass is 9.87. The number of nitrogens with one attached hydrogen (secondary N) is 1. The molecule has 1 heterocycles. The molecule has 0 aliphatic rings. The Balaban J connectivity index is 1.52. The Labute approximate surface area is 229 Å². The highest BCUT2D eigenvalue weighted by molar-refractivity contribution is 6.05. The van der Waals surface area contributed by atoms with Gasteiger partial charge in [0.2, 0.25) is 5.89 Å². The molecule has 0 aliphatic carbocycles. The van der Waals surface area contributed by atoms with E-state index in [-0.39, 0.29) is 23.6 Å². The molecule has 8 heteroatoms. The van der Waals surface area contributed by atoms with Gasteiger partial charge in [-0.3, -0.25) is 4.79 Å². The summed E-state index contributed by atoms with van der Waals surface area (Å²) in [6.07, 6.45) is -4.67. The largest absolute Gasteiger partial charge is 0.488 e. The van der Waals surface area contributed by atoms with Crippen LogP contribution in [0.3, 0.4) is 0 Å². The van der Waals surface area contributed by atoms with Crippen molar-refractivity contribution < 1.29 is 27.1 Å². The minimum atomic E-state index is -4.67. The maximum atomic E-state index is 13.5. The van der Waals surface area contributed by atoms with Crippen LogP contribution < -0.4 is 10.1 Å². The zero-order valence-electron chi connectivity index (χ0n) is 22.2. The summed E-state index contributed by atoms with van der Waals surface area (Å²) in [4.78, 5) is 17.6. The number of oxazole rings is 1. The topological polar surface area (TPSA) is 64.4 Å². The summed E-state index contributed by atoms with van der Waals surface area (Å²) in [6, 6.07) is 24.8. The number of fused-ring (bicyclic) bond motifs is 1. The van der Waals surface area contributed by atoms with Crippen LogP contribution in [-0.2, 0) is 18.2 Å². The lowest BCUT2D eigenvalue weighted by Crippen LogP contribution is -2.18. The quantitative estimate of drug-likeness (QED) is 0.232. The first-order chi connectivity index (χ1) is 19.0. The number of carbonyl (C=O) groups is 1. The van der Waals surface area contributed by atoms with Gasteiger partial charge in [0.05, 0.1) is 16.7 Å². The average molecular weight is 545 g/mol. The van der Waals surface area contributed by atoms with Crippen molar-refractivity contribution >= 4 is 22.7 Å². The van der Waals surface area contributed by atoms with Gasteiger partial charge in [0.25, 0.3) is 5.91 Å². The monoisotopic (exact) mass is 544 g/mol. The van der Waals surface area contributed by atoms with Crippen molar-refractivity contribution in [2.45, 2.75) is 39.0 Å². The van der Waals surface area contributed by atoms with Crippen molar-refractivity contribution in [3.8, 4) is 17.2 Å². The van der Waals surface area contributed by atoms with Crippen molar-refractivity contribution in [3.63, 3.8) is 0 Å². The second kappa shape index (κ2) is 10.5. The number of anilines is 1. The number of amides is 1. The van der Waals surface area contributed by atoms with Gasteiger partial charge in [-0.15, -0.1) is 0 Å². The lowest BCUT2D eigenvalue weighted by molar-refractivity contribution is -0.137. The second-order valence-corrected chi connectivity index (χ2v) is 10.4. The summed E-state index contributed by atoms with van der Waals surface area (Å²) < 4.78 is 52.7. The van der Waals surface area contributed by atoms with Gasteiger partial charge >= 0.3 is 6.18 Å². The molecule has 5 nitrogen and oxygen atoms in total. The van der Waals surface area contributed by atoms with Crippen LogP contribution in [0, 0.1) is 0 Å². The first-order valence-corrected chi connectivity index (χ1v) is 12.7. The molecule has 40 heavy (non-hydrogen) atoms. The van der Waals surface area contributed by atoms with Crippen molar-refractivity contribution in [1.82, 2.24) is 4.98 Å². The molecule has 1 amide bonds. The molecule has 5 rings (SSSR count). The average Bonchev–Trinajstić information content (AvgIpc) is 3.35. The standard InChI is InChI=1S/C32H27F3N2O3/c1-31(2,3)21-13-15-28-26(17-21)37-30(40-28)24-18-22(14-16-27(24)39-19-20-9-5-4-6-10-20)36-29(38)23-11-7-8-12-25(23)32(33,34)35/h4-18H,19H2,1-3H3,(H,36,38). The van der Waals surface area contributed by atoms with Crippen molar-refractivity contribution in [2.75, 3.05) is 5.32 Å². The van der Waals surface area contributed by atoms with E-state index in [4.69, 9.17) is 9.15 Å². The molecule has 204 valence electrons. The lowest BCUT2D eigenvalue weighted by Gasteiger charge is -2.18. The summed E-state index contributed by atoms with van der Waals surface area (Å²) in [5.41, 5.74) is 2.41. The number of alkyl halides is 3. The van der Waals surface area contributed by atoms with Gasteiger partial charge in [-0.1, -0.05) is 69.3 Å². The molecule has 0 radical (unpaired) electrons. The van der Waals surface area contributed by atoms with Crippen LogP contribution in [0.4, 0.5) is 18.9 Å². The van der Waals surface area contributed by atoms with E-state index in [1.54, 1.807) is 18.2 Å². The van der Waals surface area contributed by atoms with Gasteiger partial charge in [-0.2, -0.15) is 13.2 Å². The van der Waals surface area contributed by atoms with Gasteiger partial charge in [-0.05, 0) is 59.0 Å². The molecule has 0 aliphatic heterocycles. The van der Waals surface area contributed by atoms with E-state index in [0.29, 0.717) is 22.4 Å². The number of benzene rings is 4. The molecule has 5 aromatic rings. The van der Waals surface area contributed by atoms with Crippen molar-refractivity contribution in [1.29, 1.82) is 0 Å². The zero-order valence-corrected chi connectivity index (χ0v) is 22.2. The van der Waals surface area contributed by atoms with E-state index < -0.39 is 23.2 Å². The number of halogens is 3. The van der Waals surface area contributed by atoms with Crippen LogP contribution in [0.25, 0.3) is 22.6 Å². The molecule has 0 fully saturated rings. The number of nitrogens with zero attached hydrogens (tertiary/aromatic N) is 1. The smallest absolute Gasteiger partial charge is 0.417 e. The molecule has 0 bridgehead atoms. The van der Waals surface area contributed by atoms with Crippen LogP contribution in [0.5, 0.6) is 5.75 Å². The van der Waals surface area contributed by atoms with Gasteiger partial charge in [0.15, 0.2) is 5.58 Å². The first-order valence-electron chi connectivity index (χ1n) is 12.7. The van der Waals surface area contributed by atoms with Crippen LogP contribution in [0.15, 0.2) is 95.4 Å². The van der Waals surface area contributed by atoms with Crippen LogP contribution >= 0.6 is 0 Å². The summed E-state index contributed by atoms with van der Waals surface area (Å²) in [7, 11) is 0. The molecule has 0 atom stereocenters. The Hall–Kier alpha value is -4.59. The van der Waals surface area contributed by atoms with Crippen LogP contribution in [0.2, 0.25) is 0 Å². The molecule has 0 saturated heterocycles. The number of aromatic nitrogens is 1. The van der Waals surface area contributed by atoms with E-state index in [1.165, 1.54) is 12.1 Å². The van der Waals surface area contributed by atoms with Crippen molar-refractivity contribution in [3.05, 3.63) is 113 Å². The van der Waals surface area contributed by atoms with Gasteiger partial charge in [-0.25, -0.2) is 4.98 Å². The Morgan fingerprint density at radius 1 is 0.900 bits per heavy atom. The fourth-order valence-electron chi connectivity index (χ4n) is 4.27. The van der Waals surface area contributed by atoms with E-state index in [9.17, 15) is 18.0 Å². The number of carbonyl (C=O) groups excluding carboxylic acids is 1. The predicted octanol–water partition coefficient (Wildman–Crippen LogP) is 8.64. The highest BCUT2D eigenvalue weighted by Crippen LogP contribution is 2.37. The third-order valence-corrected chi connectivity index (χ3v) is 6.44. The Morgan fingerprint density at radius 3 is 2.35 bits per heavy atom.